The first kappa shape index (κ1) is 28.8. The number of hydrogen-bond acceptors (Lipinski definition) is 7. The van der Waals surface area contributed by atoms with E-state index in [1.54, 1.807) is 0 Å². The Bertz CT molecular complexity index is 1930. The lowest BCUT2D eigenvalue weighted by Crippen LogP contribution is -2.19. The lowest BCUT2D eigenvalue weighted by Gasteiger charge is -2.23. The molecule has 2 aliphatic rings. The van der Waals surface area contributed by atoms with Gasteiger partial charge in [0.2, 0.25) is 0 Å². The summed E-state index contributed by atoms with van der Waals surface area (Å²) in [7, 11) is 3.94. The minimum atomic E-state index is -0.364. The van der Waals surface area contributed by atoms with Crippen LogP contribution in [0.2, 0.25) is 0 Å². The molecule has 0 saturated heterocycles. The van der Waals surface area contributed by atoms with Crippen LogP contribution >= 0.6 is 0 Å². The van der Waals surface area contributed by atoms with Gasteiger partial charge >= 0.3 is 0 Å². The highest BCUT2D eigenvalue weighted by atomic mass is 19.1. The molecule has 0 amide bonds. The average molecular weight is 606 g/mol. The van der Waals surface area contributed by atoms with Gasteiger partial charge in [0, 0.05) is 47.9 Å². The van der Waals surface area contributed by atoms with Gasteiger partial charge in [-0.3, -0.25) is 5.10 Å². The van der Waals surface area contributed by atoms with Crippen LogP contribution in [-0.4, -0.2) is 63.4 Å². The second-order valence-electron chi connectivity index (χ2n) is 11.8. The highest BCUT2D eigenvalue weighted by Crippen LogP contribution is 2.34. The predicted octanol–water partition coefficient (Wildman–Crippen LogP) is 6.94. The molecule has 1 saturated carbocycles. The summed E-state index contributed by atoms with van der Waals surface area (Å²) >= 11 is 0. The van der Waals surface area contributed by atoms with Gasteiger partial charge in [0.1, 0.15) is 29.6 Å². The van der Waals surface area contributed by atoms with Gasteiger partial charge in [-0.15, -0.1) is 0 Å². The number of benzene rings is 2. The summed E-state index contributed by atoms with van der Waals surface area (Å²) in [6, 6.07) is 12.7. The van der Waals surface area contributed by atoms with Crippen LogP contribution in [0.4, 0.5) is 4.39 Å². The van der Waals surface area contributed by atoms with Crippen LogP contribution in [-0.2, 0) is 4.74 Å². The summed E-state index contributed by atoms with van der Waals surface area (Å²) in [6.07, 6.45) is 15.8. The molecular formula is C35H36FN7O2. The number of ether oxygens (including phenoxy) is 2. The minimum absolute atomic E-state index is 0.252. The van der Waals surface area contributed by atoms with Crippen LogP contribution in [0.1, 0.15) is 37.7 Å². The summed E-state index contributed by atoms with van der Waals surface area (Å²) < 4.78 is 26.9. The minimum Gasteiger partial charge on any atom is -0.492 e. The van der Waals surface area contributed by atoms with Crippen LogP contribution in [0.15, 0.2) is 79.0 Å². The summed E-state index contributed by atoms with van der Waals surface area (Å²) in [5.74, 6) is 1.57. The van der Waals surface area contributed by atoms with Gasteiger partial charge in [-0.25, -0.2) is 14.4 Å². The molecule has 3 N–H and O–H groups in total. The maximum Gasteiger partial charge on any atom is 0.181 e. The number of pyridine rings is 1. The zero-order valence-corrected chi connectivity index (χ0v) is 25.4. The number of hydrogen-bond donors (Lipinski definition) is 3. The van der Waals surface area contributed by atoms with Gasteiger partial charge < -0.3 is 24.7 Å². The Morgan fingerprint density at radius 2 is 1.93 bits per heavy atom. The molecule has 45 heavy (non-hydrogen) atoms. The Labute approximate surface area is 260 Å². The number of nitrogens with one attached hydrogen (secondary N) is 3. The second-order valence-corrected chi connectivity index (χ2v) is 11.8. The molecule has 3 aromatic heterocycles. The molecule has 0 unspecified atom stereocenters. The number of H-pyrrole nitrogens is 2. The van der Waals surface area contributed by atoms with E-state index in [1.807, 2.05) is 67.9 Å². The van der Waals surface area contributed by atoms with Crippen molar-refractivity contribution in [2.24, 2.45) is 0 Å². The summed E-state index contributed by atoms with van der Waals surface area (Å²) in [4.78, 5) is 15.1. The monoisotopic (exact) mass is 605 g/mol. The number of nitrogens with zero attached hydrogens (tertiary/aromatic N) is 4. The van der Waals surface area contributed by atoms with E-state index in [2.05, 4.69) is 37.6 Å². The van der Waals surface area contributed by atoms with Crippen molar-refractivity contribution in [1.29, 1.82) is 0 Å². The number of rotatable bonds is 9. The Hall–Kier alpha value is -4.96. The zero-order valence-electron chi connectivity index (χ0n) is 25.4. The number of fused-ring (bicyclic) bond motifs is 2. The highest BCUT2D eigenvalue weighted by molar-refractivity contribution is 5.97. The van der Waals surface area contributed by atoms with Gasteiger partial charge in [0.15, 0.2) is 11.5 Å². The van der Waals surface area contributed by atoms with Crippen molar-refractivity contribution in [3.63, 3.8) is 0 Å². The van der Waals surface area contributed by atoms with Crippen molar-refractivity contribution in [2.75, 3.05) is 27.2 Å². The number of allylic oxidation sites excluding steroid dienone is 3. The Balaban J connectivity index is 1.21. The fraction of sp³-hybridized carbons (Fsp3) is 0.286. The molecule has 0 spiro atoms. The Morgan fingerprint density at radius 1 is 1.04 bits per heavy atom. The van der Waals surface area contributed by atoms with E-state index in [0.717, 1.165) is 64.0 Å². The van der Waals surface area contributed by atoms with E-state index in [0.29, 0.717) is 29.4 Å². The zero-order chi connectivity index (χ0) is 30.8. The molecule has 7 rings (SSSR count). The van der Waals surface area contributed by atoms with Crippen LogP contribution in [0.5, 0.6) is 5.75 Å². The fourth-order valence-corrected chi connectivity index (χ4v) is 5.90. The van der Waals surface area contributed by atoms with Gasteiger partial charge in [-0.05, 0) is 81.8 Å². The molecule has 9 nitrogen and oxygen atoms in total. The molecule has 0 radical (unpaired) electrons. The maximum absolute atomic E-state index is 14.7. The first-order valence-electron chi connectivity index (χ1n) is 15.4. The first-order valence-corrected chi connectivity index (χ1v) is 15.4. The van der Waals surface area contributed by atoms with Crippen molar-refractivity contribution >= 4 is 27.6 Å². The van der Waals surface area contributed by atoms with Gasteiger partial charge in [-0.1, -0.05) is 18.6 Å². The third-order valence-electron chi connectivity index (χ3n) is 8.22. The first-order chi connectivity index (χ1) is 22.0. The number of likely N-dealkylation sites (N-methyl/N-ethyl adjacent to an activating group) is 1. The topological polar surface area (TPSA) is 104 Å². The fourth-order valence-electron chi connectivity index (χ4n) is 5.90. The van der Waals surface area contributed by atoms with Crippen molar-refractivity contribution < 1.29 is 13.9 Å². The third kappa shape index (κ3) is 6.32. The molecular weight excluding hydrogens is 569 g/mol. The molecule has 1 aliphatic heterocycles. The molecule has 1 fully saturated rings. The average Bonchev–Trinajstić information content (AvgIpc) is 3.59. The van der Waals surface area contributed by atoms with Crippen molar-refractivity contribution in [3.05, 3.63) is 90.4 Å². The van der Waals surface area contributed by atoms with Crippen LogP contribution in [0.25, 0.3) is 50.3 Å². The molecule has 1 aliphatic carbocycles. The van der Waals surface area contributed by atoms with E-state index < -0.39 is 0 Å². The number of para-hydroxylation sites is 1. The van der Waals surface area contributed by atoms with Crippen molar-refractivity contribution in [3.8, 4) is 28.4 Å². The number of aromatic nitrogens is 5. The van der Waals surface area contributed by atoms with Gasteiger partial charge in [0.25, 0.3) is 0 Å². The van der Waals surface area contributed by atoms with Crippen LogP contribution in [0.3, 0.4) is 0 Å². The van der Waals surface area contributed by atoms with E-state index in [4.69, 9.17) is 14.5 Å². The summed E-state index contributed by atoms with van der Waals surface area (Å²) in [5, 5.41) is 11.6. The van der Waals surface area contributed by atoms with Crippen LogP contribution in [0, 0.1) is 5.82 Å². The molecule has 2 aromatic carbocycles. The summed E-state index contributed by atoms with van der Waals surface area (Å²) in [5.41, 5.74) is 6.21. The highest BCUT2D eigenvalue weighted by Gasteiger charge is 2.19. The molecule has 5 aromatic rings. The molecule has 10 heteroatoms. The van der Waals surface area contributed by atoms with E-state index in [-0.39, 0.29) is 11.9 Å². The quantitative estimate of drug-likeness (QED) is 0.167. The Kier molecular flexibility index (Phi) is 8.04. The molecule has 4 heterocycles. The lowest BCUT2D eigenvalue weighted by atomic mass is 9.98. The maximum atomic E-state index is 14.7. The summed E-state index contributed by atoms with van der Waals surface area (Å²) in [6.45, 7) is 1.19. The number of halogens is 1. The van der Waals surface area contributed by atoms with Crippen LogP contribution < -0.4 is 10.1 Å². The largest absolute Gasteiger partial charge is 0.492 e. The number of imidazole rings is 1. The standard InChI is InChI=1S/C35H36FN7O2/c1-43(2)13-14-44-28-16-22(15-25(36)19-28)29-9-6-10-31-32(29)40-35(39-31)33-30-18-24(21-38-34(30)42-41-33)23-17-27(11-12-37-20-23)45-26-7-4-3-5-8-26/h6,9-12,15-21,26,37H,3-5,7-8,13-14H2,1-2H3,(H,39,40)(H,38,41,42). The SMILES string of the molecule is CN(C)CCOc1cc(F)cc(-c2cccc3[nH]c(-c4[nH]nc5ncc(C6=CNC=CC(OC7CCCCC7)=C6)cc45)nc23)c1. The Morgan fingerprint density at radius 3 is 2.80 bits per heavy atom. The lowest BCUT2D eigenvalue weighted by molar-refractivity contribution is 0.0902. The van der Waals surface area contributed by atoms with Crippen molar-refractivity contribution in [2.45, 2.75) is 38.2 Å². The second kappa shape index (κ2) is 12.6. The van der Waals surface area contributed by atoms with Gasteiger partial charge in [0.05, 0.1) is 22.5 Å². The smallest absolute Gasteiger partial charge is 0.181 e. The van der Waals surface area contributed by atoms with E-state index in [1.165, 1.54) is 31.4 Å². The van der Waals surface area contributed by atoms with Crippen molar-refractivity contribution in [1.82, 2.24) is 35.4 Å². The third-order valence-corrected chi connectivity index (χ3v) is 8.22. The normalized spacial score (nSPS) is 15.6. The number of aromatic amines is 2. The van der Waals surface area contributed by atoms with Gasteiger partial charge in [-0.2, -0.15) is 5.10 Å². The van der Waals surface area contributed by atoms with E-state index >= 15 is 0 Å². The molecule has 0 atom stereocenters. The molecule has 230 valence electrons. The predicted molar refractivity (Wildman–Crippen MR) is 175 cm³/mol. The van der Waals surface area contributed by atoms with E-state index in [9.17, 15) is 4.39 Å². The molecule has 0 bridgehead atoms.